The van der Waals surface area contributed by atoms with Crippen LogP contribution >= 0.6 is 11.8 Å². The first-order valence-corrected chi connectivity index (χ1v) is 24.4. The van der Waals surface area contributed by atoms with Crippen LogP contribution in [0.25, 0.3) is 0 Å². The minimum absolute atomic E-state index is 0.0164. The van der Waals surface area contributed by atoms with E-state index in [9.17, 15) is 4.79 Å². The van der Waals surface area contributed by atoms with Crippen LogP contribution in [0.15, 0.2) is 101 Å². The van der Waals surface area contributed by atoms with Gasteiger partial charge in [-0.2, -0.15) is 0 Å². The lowest BCUT2D eigenvalue weighted by atomic mass is 10.00. The van der Waals surface area contributed by atoms with Gasteiger partial charge in [0.15, 0.2) is 12.1 Å². The number of benzene rings is 3. The second-order valence-electron chi connectivity index (χ2n) is 16.9. The maximum atomic E-state index is 13.1. The summed E-state index contributed by atoms with van der Waals surface area (Å²) >= 11 is 1.44. The highest BCUT2D eigenvalue weighted by atomic mass is 32.2. The lowest BCUT2D eigenvalue weighted by Gasteiger charge is -2.46. The lowest BCUT2D eigenvalue weighted by Crippen LogP contribution is -2.60. The van der Waals surface area contributed by atoms with Crippen LogP contribution in [0.2, 0.25) is 0 Å². The van der Waals surface area contributed by atoms with Crippen molar-refractivity contribution < 1.29 is 38.0 Å². The Morgan fingerprint density at radius 3 is 1.56 bits per heavy atom. The number of allylic oxidation sites excluding steroid dienone is 2. The maximum Gasteiger partial charge on any atom is 0.173 e. The zero-order valence-corrected chi connectivity index (χ0v) is 39.5. The molecule has 6 atom stereocenters. The van der Waals surface area contributed by atoms with Crippen LogP contribution < -0.4 is 0 Å². The highest BCUT2D eigenvalue weighted by Crippen LogP contribution is 2.40. The number of methoxy groups -OCH3 is 1. The van der Waals surface area contributed by atoms with Crippen molar-refractivity contribution >= 4 is 17.5 Å². The monoisotopic (exact) mass is 875 g/mol. The topological polar surface area (TPSA) is 81.7 Å². The van der Waals surface area contributed by atoms with Crippen molar-refractivity contribution in [1.82, 2.24) is 0 Å². The molecule has 0 aliphatic carbocycles. The number of hydrogen-bond acceptors (Lipinski definition) is 9. The van der Waals surface area contributed by atoms with E-state index in [1.165, 1.54) is 95.2 Å². The minimum Gasteiger partial charge on any atom is -0.379 e. The van der Waals surface area contributed by atoms with E-state index in [-0.39, 0.29) is 25.1 Å². The smallest absolute Gasteiger partial charge is 0.173 e. The number of carbonyl (C=O) groups excluding carboxylic acids is 1. The molecule has 1 fully saturated rings. The Morgan fingerprint density at radius 1 is 0.597 bits per heavy atom. The SMILES string of the molecule is CCCCCCCCCCCCCCCCOCC(CO[C@@H]1O[C@H](COCc2ccccc2)[C@@H](OCc2ccccc2)[C@H](OCc2ccccc2)[C@H]1SC(C(C)=O)=C(C)C)OC. The molecule has 0 N–H and O–H groups in total. The molecule has 0 radical (unpaired) electrons. The van der Waals surface area contributed by atoms with Crippen molar-refractivity contribution in [3.05, 3.63) is 118 Å². The van der Waals surface area contributed by atoms with Gasteiger partial charge in [-0.1, -0.05) is 187 Å². The van der Waals surface area contributed by atoms with Gasteiger partial charge in [-0.3, -0.25) is 4.79 Å². The Kier molecular flexibility index (Phi) is 26.6. The summed E-state index contributed by atoms with van der Waals surface area (Å²) in [7, 11) is 1.69. The fourth-order valence-corrected chi connectivity index (χ4v) is 9.05. The minimum atomic E-state index is -0.778. The first-order chi connectivity index (χ1) is 30.4. The highest BCUT2D eigenvalue weighted by Gasteiger charge is 2.49. The van der Waals surface area contributed by atoms with Crippen molar-refractivity contribution in [1.29, 1.82) is 0 Å². The number of ether oxygens (including phenoxy) is 7. The van der Waals surface area contributed by atoms with Crippen LogP contribution in [-0.4, -0.2) is 75.3 Å². The quantitative estimate of drug-likeness (QED) is 0.0430. The molecule has 1 aliphatic heterocycles. The third-order valence-electron chi connectivity index (χ3n) is 11.3. The zero-order valence-electron chi connectivity index (χ0n) is 38.6. The largest absolute Gasteiger partial charge is 0.379 e. The number of Topliss-reactive ketones (excluding diaryl/α,β-unsaturated/α-hetero) is 1. The molecule has 1 aliphatic rings. The van der Waals surface area contributed by atoms with Gasteiger partial charge in [-0.15, -0.1) is 11.8 Å². The molecule has 1 saturated heterocycles. The molecular formula is C53H78O8S. The van der Waals surface area contributed by atoms with E-state index >= 15 is 0 Å². The number of hydrogen-bond donors (Lipinski definition) is 0. The van der Waals surface area contributed by atoms with Crippen LogP contribution in [0.3, 0.4) is 0 Å². The van der Waals surface area contributed by atoms with Gasteiger partial charge in [0, 0.05) is 18.6 Å². The Bertz CT molecular complexity index is 1600. The second-order valence-corrected chi connectivity index (χ2v) is 18.1. The van der Waals surface area contributed by atoms with E-state index in [2.05, 4.69) is 19.1 Å². The van der Waals surface area contributed by atoms with Gasteiger partial charge in [0.05, 0.1) is 44.9 Å². The molecule has 0 aromatic heterocycles. The molecule has 1 unspecified atom stereocenters. The summed E-state index contributed by atoms with van der Waals surface area (Å²) in [6.45, 7) is 10.5. The summed E-state index contributed by atoms with van der Waals surface area (Å²) < 4.78 is 45.7. The number of carbonyl (C=O) groups is 1. The average Bonchev–Trinajstić information content (AvgIpc) is 3.29. The van der Waals surface area contributed by atoms with E-state index < -0.39 is 29.9 Å². The summed E-state index contributed by atoms with van der Waals surface area (Å²) in [5, 5.41) is -0.465. The highest BCUT2D eigenvalue weighted by molar-refractivity contribution is 8.04. The molecule has 4 rings (SSSR count). The van der Waals surface area contributed by atoms with Crippen molar-refractivity contribution in [2.24, 2.45) is 0 Å². The van der Waals surface area contributed by atoms with Crippen LogP contribution in [0.5, 0.6) is 0 Å². The maximum absolute atomic E-state index is 13.1. The van der Waals surface area contributed by atoms with Crippen molar-refractivity contribution in [2.75, 3.05) is 33.5 Å². The molecule has 62 heavy (non-hydrogen) atoms. The van der Waals surface area contributed by atoms with Gasteiger partial charge >= 0.3 is 0 Å². The summed E-state index contributed by atoms with van der Waals surface area (Å²) in [5.41, 5.74) is 4.05. The first-order valence-electron chi connectivity index (χ1n) is 23.5. The van der Waals surface area contributed by atoms with Crippen LogP contribution in [0.1, 0.15) is 134 Å². The molecule has 0 spiro atoms. The van der Waals surface area contributed by atoms with Crippen LogP contribution in [0.4, 0.5) is 0 Å². The summed E-state index contributed by atoms with van der Waals surface area (Å²) in [6.07, 6.45) is 15.8. The number of unbranched alkanes of at least 4 members (excludes halogenated alkanes) is 13. The third kappa shape index (κ3) is 20.3. The first kappa shape index (κ1) is 51.8. The van der Waals surface area contributed by atoms with Gasteiger partial charge in [-0.05, 0) is 43.9 Å². The average molecular weight is 875 g/mol. The van der Waals surface area contributed by atoms with Crippen molar-refractivity contribution in [3.63, 3.8) is 0 Å². The number of ketones is 1. The third-order valence-corrected chi connectivity index (χ3v) is 13.0. The van der Waals surface area contributed by atoms with Gasteiger partial charge in [-0.25, -0.2) is 0 Å². The fourth-order valence-electron chi connectivity index (χ4n) is 7.75. The fraction of sp³-hybridized carbons (Fsp3) is 0.604. The van der Waals surface area contributed by atoms with Crippen molar-refractivity contribution in [3.8, 4) is 0 Å². The standard InChI is InChI=1S/C53H78O8S/c1-6-7-8-9-10-11-12-13-14-15-16-17-18-28-35-56-39-47(55-5)40-60-53-52(62-51(42(2)3)43(4)54)50(59-38-46-33-26-21-27-34-46)49(58-37-45-31-24-20-25-32-45)48(61-53)41-57-36-44-29-22-19-23-30-44/h19-27,29-34,47-50,52-53H,6-18,28,35-41H2,1-5H3/t47?,48-,49-,50+,52-,53-/m1/s1. The molecule has 344 valence electrons. The van der Waals surface area contributed by atoms with Gasteiger partial charge < -0.3 is 33.2 Å². The zero-order chi connectivity index (χ0) is 44.0. The van der Waals surface area contributed by atoms with Crippen molar-refractivity contribution in [2.45, 2.75) is 173 Å². The molecule has 0 saturated carbocycles. The lowest BCUT2D eigenvalue weighted by molar-refractivity contribution is -0.279. The Balaban J connectivity index is 1.41. The summed E-state index contributed by atoms with van der Waals surface area (Å²) in [5.74, 6) is -0.0164. The Labute approximate surface area is 379 Å². The van der Waals surface area contributed by atoms with Crippen LogP contribution in [0, 0.1) is 0 Å². The van der Waals surface area contributed by atoms with Gasteiger partial charge in [0.1, 0.15) is 24.4 Å². The summed E-state index contributed by atoms with van der Waals surface area (Å²) in [4.78, 5) is 13.8. The van der Waals surface area contributed by atoms with E-state index in [0.29, 0.717) is 37.9 Å². The number of thioether (sulfide) groups is 1. The van der Waals surface area contributed by atoms with E-state index in [1.54, 1.807) is 14.0 Å². The summed E-state index contributed by atoms with van der Waals surface area (Å²) in [6, 6.07) is 30.3. The van der Waals surface area contributed by atoms with Gasteiger partial charge in [0.2, 0.25) is 0 Å². The molecule has 3 aromatic rings. The molecule has 0 bridgehead atoms. The molecule has 1 heterocycles. The molecule has 9 heteroatoms. The number of rotatable bonds is 34. The second kappa shape index (κ2) is 31.9. The predicted molar refractivity (Wildman–Crippen MR) is 253 cm³/mol. The molecule has 3 aromatic carbocycles. The normalized spacial score (nSPS) is 19.3. The Morgan fingerprint density at radius 2 is 1.08 bits per heavy atom. The van der Waals surface area contributed by atoms with E-state index in [0.717, 1.165) is 28.7 Å². The van der Waals surface area contributed by atoms with Gasteiger partial charge in [0.25, 0.3) is 0 Å². The van der Waals surface area contributed by atoms with Crippen LogP contribution in [-0.2, 0) is 57.8 Å². The predicted octanol–water partition coefficient (Wildman–Crippen LogP) is 12.6. The molecular weight excluding hydrogens is 797 g/mol. The van der Waals surface area contributed by atoms with E-state index in [1.807, 2.05) is 92.7 Å². The molecule has 8 nitrogen and oxygen atoms in total. The van der Waals surface area contributed by atoms with E-state index in [4.69, 9.17) is 33.2 Å². The Hall–Kier alpha value is -2.86. The molecule has 0 amide bonds.